The third-order valence-electron chi connectivity index (χ3n) is 6.60. The van der Waals surface area contributed by atoms with Crippen molar-refractivity contribution >= 4 is 5.91 Å². The molecule has 2 aromatic rings. The van der Waals surface area contributed by atoms with Gasteiger partial charge < -0.3 is 5.32 Å². The van der Waals surface area contributed by atoms with Gasteiger partial charge in [0.05, 0.1) is 11.6 Å². The summed E-state index contributed by atoms with van der Waals surface area (Å²) in [7, 11) is 1.99. The van der Waals surface area contributed by atoms with Gasteiger partial charge >= 0.3 is 0 Å². The fourth-order valence-corrected chi connectivity index (χ4v) is 4.88. The molecule has 30 heavy (non-hydrogen) atoms. The van der Waals surface area contributed by atoms with Crippen LogP contribution in [-0.4, -0.2) is 62.7 Å². The molecule has 0 aliphatic carbocycles. The third-order valence-corrected chi connectivity index (χ3v) is 6.60. The number of pyridine rings is 1. The molecule has 7 nitrogen and oxygen atoms in total. The Bertz CT molecular complexity index is 827. The maximum Gasteiger partial charge on any atom is 0.224 e. The highest BCUT2D eigenvalue weighted by atomic mass is 16.1. The largest absolute Gasteiger partial charge is 0.352 e. The van der Waals surface area contributed by atoms with Crippen molar-refractivity contribution in [3.63, 3.8) is 0 Å². The minimum Gasteiger partial charge on any atom is -0.352 e. The second-order valence-electron chi connectivity index (χ2n) is 8.83. The first-order valence-electron chi connectivity index (χ1n) is 11.2. The highest BCUT2D eigenvalue weighted by Gasteiger charge is 2.31. The molecule has 0 bridgehead atoms. The monoisotopic (exact) mass is 410 g/mol. The van der Waals surface area contributed by atoms with E-state index in [1.165, 1.54) is 18.4 Å². The lowest BCUT2D eigenvalue weighted by Crippen LogP contribution is -2.50. The van der Waals surface area contributed by atoms with Crippen molar-refractivity contribution in [2.24, 2.45) is 13.0 Å². The van der Waals surface area contributed by atoms with Crippen molar-refractivity contribution in [3.8, 4) is 0 Å². The van der Waals surface area contributed by atoms with Crippen LogP contribution in [0.5, 0.6) is 0 Å². The Kier molecular flexibility index (Phi) is 6.79. The minimum atomic E-state index is 0.103. The van der Waals surface area contributed by atoms with Crippen molar-refractivity contribution < 1.29 is 4.79 Å². The summed E-state index contributed by atoms with van der Waals surface area (Å²) < 4.78 is 1.91. The number of carbonyl (C=O) groups is 1. The third kappa shape index (κ3) is 5.26. The molecule has 162 valence electrons. The molecule has 1 N–H and O–H groups in total. The smallest absolute Gasteiger partial charge is 0.224 e. The number of nitrogens with zero attached hydrogens (tertiary/aromatic N) is 5. The number of hydrogen-bond donors (Lipinski definition) is 1. The number of aryl methyl sites for hydroxylation is 2. The molecule has 4 heterocycles. The predicted octanol–water partition coefficient (Wildman–Crippen LogP) is 2.12. The van der Waals surface area contributed by atoms with E-state index in [9.17, 15) is 4.79 Å². The van der Waals surface area contributed by atoms with Crippen LogP contribution in [-0.2, 0) is 24.9 Å². The zero-order valence-corrected chi connectivity index (χ0v) is 18.3. The van der Waals surface area contributed by atoms with Crippen LogP contribution in [0.25, 0.3) is 0 Å². The summed E-state index contributed by atoms with van der Waals surface area (Å²) in [5.41, 5.74) is 3.52. The van der Waals surface area contributed by atoms with Gasteiger partial charge in [0.15, 0.2) is 0 Å². The van der Waals surface area contributed by atoms with Crippen LogP contribution in [0.3, 0.4) is 0 Å². The zero-order valence-electron chi connectivity index (χ0n) is 18.3. The number of aromatic nitrogens is 3. The summed E-state index contributed by atoms with van der Waals surface area (Å²) in [5.74, 6) is 0.291. The lowest BCUT2D eigenvalue weighted by molar-refractivity contribution is -0.127. The van der Waals surface area contributed by atoms with E-state index >= 15 is 0 Å². The fraction of sp³-hybridized carbons (Fsp3) is 0.609. The van der Waals surface area contributed by atoms with E-state index < -0.39 is 0 Å². The van der Waals surface area contributed by atoms with Crippen LogP contribution in [0, 0.1) is 12.8 Å². The molecule has 0 radical (unpaired) electrons. The number of hydrogen-bond acceptors (Lipinski definition) is 5. The molecule has 2 aliphatic heterocycles. The van der Waals surface area contributed by atoms with Gasteiger partial charge in [0.1, 0.15) is 0 Å². The maximum atomic E-state index is 12.7. The Balaban J connectivity index is 1.24. The molecule has 2 saturated heterocycles. The maximum absolute atomic E-state index is 12.7. The SMILES string of the molecule is Cc1nn(C)cc1CN1CCC(N2CCC[C@H](C(=O)NCc3cccnc3)C2)CC1. The topological polar surface area (TPSA) is 66.3 Å². The van der Waals surface area contributed by atoms with E-state index in [0.717, 1.165) is 56.8 Å². The zero-order chi connectivity index (χ0) is 20.9. The Labute approximate surface area is 179 Å². The molecule has 1 amide bonds. The van der Waals surface area contributed by atoms with E-state index in [1.54, 1.807) is 6.20 Å². The van der Waals surface area contributed by atoms with Crippen molar-refractivity contribution in [2.45, 2.75) is 51.7 Å². The number of carbonyl (C=O) groups excluding carboxylic acids is 1. The molecule has 1 atom stereocenters. The van der Waals surface area contributed by atoms with Crippen molar-refractivity contribution in [2.75, 3.05) is 26.2 Å². The standard InChI is InChI=1S/C23H34N6O/c1-18-21(15-27(2)26-18)16-28-11-7-22(8-12-28)29-10-4-6-20(17-29)23(30)25-14-19-5-3-9-24-13-19/h3,5,9,13,15,20,22H,4,6-8,10-12,14,16-17H2,1-2H3,(H,25,30)/t20-/m0/s1. The molecule has 2 aromatic heterocycles. The molecule has 0 saturated carbocycles. The van der Waals surface area contributed by atoms with Crippen molar-refractivity contribution in [1.82, 2.24) is 29.9 Å². The first-order chi connectivity index (χ1) is 14.6. The van der Waals surface area contributed by atoms with Gasteiger partial charge in [-0.15, -0.1) is 0 Å². The number of nitrogens with one attached hydrogen (secondary N) is 1. The molecule has 0 aromatic carbocycles. The molecule has 0 spiro atoms. The quantitative estimate of drug-likeness (QED) is 0.790. The molecule has 2 aliphatic rings. The second-order valence-corrected chi connectivity index (χ2v) is 8.83. The summed E-state index contributed by atoms with van der Waals surface area (Å²) >= 11 is 0. The number of rotatable bonds is 6. The number of piperidine rings is 2. The van der Waals surface area contributed by atoms with Gasteiger partial charge in [-0.25, -0.2) is 0 Å². The van der Waals surface area contributed by atoms with Gasteiger partial charge in [0.25, 0.3) is 0 Å². The molecule has 7 heteroatoms. The van der Waals surface area contributed by atoms with E-state index in [1.807, 2.05) is 30.1 Å². The summed E-state index contributed by atoms with van der Waals surface area (Å²) in [6, 6.07) is 4.51. The van der Waals surface area contributed by atoms with Crippen molar-refractivity contribution in [1.29, 1.82) is 0 Å². The summed E-state index contributed by atoms with van der Waals surface area (Å²) in [5, 5.41) is 7.58. The predicted molar refractivity (Wildman–Crippen MR) is 117 cm³/mol. The summed E-state index contributed by atoms with van der Waals surface area (Å²) in [4.78, 5) is 22.0. The normalized spacial score (nSPS) is 21.6. The van der Waals surface area contributed by atoms with Gasteiger partial charge in [-0.3, -0.25) is 24.3 Å². The van der Waals surface area contributed by atoms with E-state index in [-0.39, 0.29) is 11.8 Å². The highest BCUT2D eigenvalue weighted by Crippen LogP contribution is 2.25. The lowest BCUT2D eigenvalue weighted by Gasteiger charge is -2.42. The van der Waals surface area contributed by atoms with E-state index in [4.69, 9.17) is 0 Å². The Morgan fingerprint density at radius 1 is 1.23 bits per heavy atom. The number of likely N-dealkylation sites (tertiary alicyclic amines) is 2. The fourth-order valence-electron chi connectivity index (χ4n) is 4.88. The highest BCUT2D eigenvalue weighted by molar-refractivity contribution is 5.78. The van der Waals surface area contributed by atoms with Crippen LogP contribution in [0.4, 0.5) is 0 Å². The van der Waals surface area contributed by atoms with Crippen molar-refractivity contribution in [3.05, 3.63) is 47.5 Å². The average molecular weight is 411 g/mol. The first-order valence-corrected chi connectivity index (χ1v) is 11.2. The molecule has 4 rings (SSSR count). The summed E-state index contributed by atoms with van der Waals surface area (Å²) in [6.07, 6.45) is 10.2. The van der Waals surface area contributed by atoms with Gasteiger partial charge in [0.2, 0.25) is 5.91 Å². The average Bonchev–Trinajstić information content (AvgIpc) is 3.10. The van der Waals surface area contributed by atoms with Crippen LogP contribution < -0.4 is 5.32 Å². The van der Waals surface area contributed by atoms with Crippen LogP contribution in [0.1, 0.15) is 42.5 Å². The van der Waals surface area contributed by atoms with Gasteiger partial charge in [-0.05, 0) is 63.9 Å². The first kappa shape index (κ1) is 21.0. The number of amides is 1. The molecular formula is C23H34N6O. The van der Waals surface area contributed by atoms with E-state index in [0.29, 0.717) is 12.6 Å². The van der Waals surface area contributed by atoms with Crippen LogP contribution >= 0.6 is 0 Å². The summed E-state index contributed by atoms with van der Waals surface area (Å²) in [6.45, 7) is 7.90. The van der Waals surface area contributed by atoms with Crippen LogP contribution in [0.15, 0.2) is 30.7 Å². The minimum absolute atomic E-state index is 0.103. The van der Waals surface area contributed by atoms with E-state index in [2.05, 4.69) is 38.3 Å². The lowest BCUT2D eigenvalue weighted by atomic mass is 9.93. The second kappa shape index (κ2) is 9.71. The van der Waals surface area contributed by atoms with Gasteiger partial charge in [-0.1, -0.05) is 6.07 Å². The molecule has 2 fully saturated rings. The van der Waals surface area contributed by atoms with Crippen LogP contribution in [0.2, 0.25) is 0 Å². The Morgan fingerprint density at radius 3 is 2.77 bits per heavy atom. The Hall–Kier alpha value is -2.25. The molecule has 0 unspecified atom stereocenters. The molecular weight excluding hydrogens is 376 g/mol. The van der Waals surface area contributed by atoms with Gasteiger partial charge in [-0.2, -0.15) is 5.10 Å². The Morgan fingerprint density at radius 2 is 2.07 bits per heavy atom. The van der Waals surface area contributed by atoms with Gasteiger partial charge in [0, 0.05) is 56.9 Å².